The highest BCUT2D eigenvalue weighted by atomic mass is 32.1. The molecule has 0 radical (unpaired) electrons. The Balaban J connectivity index is 3.00. The Morgan fingerprint density at radius 3 is 2.73 bits per heavy atom. The fourth-order valence-corrected chi connectivity index (χ4v) is 1.28. The number of hydrogen-bond acceptors (Lipinski definition) is 2. The summed E-state index contributed by atoms with van der Waals surface area (Å²) in [6.07, 6.45) is 0. The Morgan fingerprint density at radius 2 is 2.20 bits per heavy atom. The second-order valence-corrected chi connectivity index (χ2v) is 3.47. The highest BCUT2D eigenvalue weighted by molar-refractivity contribution is 7.80. The van der Waals surface area contributed by atoms with Crippen molar-refractivity contribution in [2.45, 2.75) is 0 Å². The number of carbonyl (C=O) groups excluding carboxylic acids is 1. The zero-order valence-corrected chi connectivity index (χ0v) is 9.47. The fraction of sp³-hybridized carbons (Fsp3) is 0.200. The van der Waals surface area contributed by atoms with E-state index in [9.17, 15) is 4.79 Å². The van der Waals surface area contributed by atoms with E-state index in [4.69, 9.17) is 18.0 Å². The van der Waals surface area contributed by atoms with Crippen LogP contribution in [0, 0.1) is 0 Å². The molecule has 3 N–H and O–H groups in total. The number of urea groups is 1. The number of carbonyl (C=O) groups is 1. The van der Waals surface area contributed by atoms with Crippen LogP contribution >= 0.6 is 12.2 Å². The highest BCUT2D eigenvalue weighted by Crippen LogP contribution is 2.14. The SMILES string of the molecule is CNC(=O)N(C)c1cccc(C(N)=S)c1. The molecule has 0 saturated heterocycles. The van der Waals surface area contributed by atoms with Crippen LogP contribution in [0.2, 0.25) is 0 Å². The lowest BCUT2D eigenvalue weighted by Crippen LogP contribution is -2.34. The molecule has 4 nitrogen and oxygen atoms in total. The maximum Gasteiger partial charge on any atom is 0.321 e. The average Bonchev–Trinajstić information content (AvgIpc) is 2.27. The van der Waals surface area contributed by atoms with Crippen molar-refractivity contribution in [2.75, 3.05) is 19.0 Å². The molecule has 0 aliphatic heterocycles. The molecule has 0 fully saturated rings. The summed E-state index contributed by atoms with van der Waals surface area (Å²) < 4.78 is 0. The number of nitrogens with two attached hydrogens (primary N) is 1. The molecule has 15 heavy (non-hydrogen) atoms. The van der Waals surface area contributed by atoms with E-state index in [1.807, 2.05) is 18.2 Å². The van der Waals surface area contributed by atoms with Crippen molar-refractivity contribution in [1.29, 1.82) is 0 Å². The smallest absolute Gasteiger partial charge is 0.321 e. The number of rotatable bonds is 2. The summed E-state index contributed by atoms with van der Waals surface area (Å²) in [5.74, 6) is 0. The van der Waals surface area contributed by atoms with Crippen LogP contribution < -0.4 is 16.0 Å². The van der Waals surface area contributed by atoms with Crippen molar-refractivity contribution in [3.63, 3.8) is 0 Å². The number of benzene rings is 1. The molecule has 0 aliphatic carbocycles. The van der Waals surface area contributed by atoms with Crippen LogP contribution in [0.4, 0.5) is 10.5 Å². The monoisotopic (exact) mass is 223 g/mol. The minimum Gasteiger partial charge on any atom is -0.389 e. The maximum atomic E-state index is 11.3. The van der Waals surface area contributed by atoms with Crippen LogP contribution in [0.15, 0.2) is 24.3 Å². The van der Waals surface area contributed by atoms with Gasteiger partial charge < -0.3 is 11.1 Å². The molecule has 1 aromatic rings. The first-order chi connectivity index (χ1) is 7.06. The Hall–Kier alpha value is -1.62. The molecule has 0 bridgehead atoms. The zero-order chi connectivity index (χ0) is 11.4. The van der Waals surface area contributed by atoms with Crippen LogP contribution in [0.5, 0.6) is 0 Å². The second kappa shape index (κ2) is 4.75. The van der Waals surface area contributed by atoms with E-state index in [0.717, 1.165) is 11.3 Å². The third-order valence-electron chi connectivity index (χ3n) is 2.04. The molecular weight excluding hydrogens is 210 g/mol. The topological polar surface area (TPSA) is 58.4 Å². The summed E-state index contributed by atoms with van der Waals surface area (Å²) in [6.45, 7) is 0. The van der Waals surface area contributed by atoms with Crippen molar-refractivity contribution in [3.05, 3.63) is 29.8 Å². The van der Waals surface area contributed by atoms with E-state index in [1.165, 1.54) is 4.90 Å². The first-order valence-electron chi connectivity index (χ1n) is 4.41. The second-order valence-electron chi connectivity index (χ2n) is 3.03. The number of hydrogen-bond donors (Lipinski definition) is 2. The molecule has 1 rings (SSSR count). The standard InChI is InChI=1S/C10H13N3OS/c1-12-10(14)13(2)8-5-3-4-7(6-8)9(11)15/h3-6H,1-2H3,(H2,11,15)(H,12,14). The van der Waals surface area contributed by atoms with Gasteiger partial charge in [0.15, 0.2) is 0 Å². The van der Waals surface area contributed by atoms with E-state index in [-0.39, 0.29) is 6.03 Å². The predicted octanol–water partition coefficient (Wildman–Crippen LogP) is 1.10. The molecule has 2 amide bonds. The molecule has 0 heterocycles. The Kier molecular flexibility index (Phi) is 3.62. The normalized spacial score (nSPS) is 9.47. The van der Waals surface area contributed by atoms with Crippen molar-refractivity contribution in [1.82, 2.24) is 5.32 Å². The van der Waals surface area contributed by atoms with Crippen LogP contribution in [-0.2, 0) is 0 Å². The molecule has 0 unspecified atom stereocenters. The summed E-state index contributed by atoms with van der Waals surface area (Å²) in [4.78, 5) is 13.2. The Bertz CT molecular complexity index is 392. The quantitative estimate of drug-likeness (QED) is 0.738. The lowest BCUT2D eigenvalue weighted by atomic mass is 10.2. The van der Waals surface area contributed by atoms with Gasteiger partial charge in [0.2, 0.25) is 0 Å². The van der Waals surface area contributed by atoms with Gasteiger partial charge in [-0.1, -0.05) is 24.4 Å². The summed E-state index contributed by atoms with van der Waals surface area (Å²) in [6, 6.07) is 7.02. The van der Waals surface area contributed by atoms with Crippen LogP contribution in [-0.4, -0.2) is 25.1 Å². The number of amides is 2. The fourth-order valence-electron chi connectivity index (χ4n) is 1.15. The molecule has 0 spiro atoms. The van der Waals surface area contributed by atoms with Gasteiger partial charge in [0.25, 0.3) is 0 Å². The summed E-state index contributed by atoms with van der Waals surface area (Å²) in [5, 5.41) is 2.53. The van der Waals surface area contributed by atoms with Crippen LogP contribution in [0.25, 0.3) is 0 Å². The Labute approximate surface area is 94.1 Å². The third-order valence-corrected chi connectivity index (χ3v) is 2.27. The number of nitrogens with one attached hydrogen (secondary N) is 1. The zero-order valence-electron chi connectivity index (χ0n) is 8.65. The van der Waals surface area contributed by atoms with Gasteiger partial charge in [-0.3, -0.25) is 4.90 Å². The lowest BCUT2D eigenvalue weighted by molar-refractivity contribution is 0.249. The van der Waals surface area contributed by atoms with E-state index < -0.39 is 0 Å². The summed E-state index contributed by atoms with van der Waals surface area (Å²) >= 11 is 4.86. The minimum atomic E-state index is -0.185. The van der Waals surface area contributed by atoms with Crippen molar-refractivity contribution >= 4 is 28.9 Å². The molecule has 0 aromatic heterocycles. The summed E-state index contributed by atoms with van der Waals surface area (Å²) in [5.41, 5.74) is 7.00. The molecule has 1 aromatic carbocycles. The van der Waals surface area contributed by atoms with Crippen molar-refractivity contribution < 1.29 is 4.79 Å². The molecule has 80 valence electrons. The van der Waals surface area contributed by atoms with Gasteiger partial charge in [-0.15, -0.1) is 0 Å². The largest absolute Gasteiger partial charge is 0.389 e. The van der Waals surface area contributed by atoms with E-state index >= 15 is 0 Å². The third kappa shape index (κ3) is 2.66. The number of anilines is 1. The molecule has 0 saturated carbocycles. The summed E-state index contributed by atoms with van der Waals surface area (Å²) in [7, 11) is 3.26. The van der Waals surface area contributed by atoms with Crippen LogP contribution in [0.1, 0.15) is 5.56 Å². The average molecular weight is 223 g/mol. The molecule has 0 aliphatic rings. The van der Waals surface area contributed by atoms with Gasteiger partial charge in [0, 0.05) is 25.3 Å². The number of nitrogens with zero attached hydrogens (tertiary/aromatic N) is 1. The lowest BCUT2D eigenvalue weighted by Gasteiger charge is -2.17. The maximum absolute atomic E-state index is 11.3. The first kappa shape index (κ1) is 11.5. The van der Waals surface area contributed by atoms with Gasteiger partial charge >= 0.3 is 6.03 Å². The first-order valence-corrected chi connectivity index (χ1v) is 4.82. The van der Waals surface area contributed by atoms with Gasteiger partial charge in [-0.2, -0.15) is 0 Å². The molecule has 0 atom stereocenters. The van der Waals surface area contributed by atoms with Crippen LogP contribution in [0.3, 0.4) is 0 Å². The van der Waals surface area contributed by atoms with Crippen molar-refractivity contribution in [3.8, 4) is 0 Å². The van der Waals surface area contributed by atoms with Gasteiger partial charge in [0.05, 0.1) is 0 Å². The Morgan fingerprint density at radius 1 is 1.53 bits per heavy atom. The molecular formula is C10H13N3OS. The van der Waals surface area contributed by atoms with Gasteiger partial charge in [0.1, 0.15) is 4.99 Å². The van der Waals surface area contributed by atoms with Crippen molar-refractivity contribution in [2.24, 2.45) is 5.73 Å². The molecule has 5 heteroatoms. The number of thiocarbonyl (C=S) groups is 1. The van der Waals surface area contributed by atoms with E-state index in [0.29, 0.717) is 4.99 Å². The van der Waals surface area contributed by atoms with E-state index in [1.54, 1.807) is 20.2 Å². The predicted molar refractivity (Wildman–Crippen MR) is 65.2 cm³/mol. The van der Waals surface area contributed by atoms with Gasteiger partial charge in [-0.05, 0) is 12.1 Å². The van der Waals surface area contributed by atoms with E-state index in [2.05, 4.69) is 5.32 Å². The highest BCUT2D eigenvalue weighted by Gasteiger charge is 2.08. The minimum absolute atomic E-state index is 0.185. The van der Waals surface area contributed by atoms with Gasteiger partial charge in [-0.25, -0.2) is 4.79 Å².